The number of aromatic nitrogens is 2. The van der Waals surface area contributed by atoms with Crippen LogP contribution in [-0.2, 0) is 4.74 Å². The zero-order valence-corrected chi connectivity index (χ0v) is 13.0. The Bertz CT molecular complexity index is 713. The molecule has 0 saturated carbocycles. The summed E-state index contributed by atoms with van der Waals surface area (Å²) in [6, 6.07) is 19.8. The number of hydrogen-bond donors (Lipinski definition) is 1. The standard InChI is InChI=1S/C18H19N3O2/c1-2-22-16(14-9-5-3-6-10-14)13-19-18-20-17(23-21-18)15-11-7-4-8-12-15/h3-12,16H,2,13H2,1H3,(H,19,21). The van der Waals surface area contributed by atoms with Gasteiger partial charge in [0.1, 0.15) is 0 Å². The van der Waals surface area contributed by atoms with Crippen molar-refractivity contribution in [3.05, 3.63) is 66.2 Å². The molecule has 1 unspecified atom stereocenters. The van der Waals surface area contributed by atoms with Crippen molar-refractivity contribution in [3.8, 4) is 11.5 Å². The zero-order chi connectivity index (χ0) is 15.9. The van der Waals surface area contributed by atoms with E-state index in [2.05, 4.69) is 15.5 Å². The van der Waals surface area contributed by atoms with Crippen LogP contribution in [0.5, 0.6) is 0 Å². The van der Waals surface area contributed by atoms with Gasteiger partial charge in [-0.2, -0.15) is 4.98 Å². The van der Waals surface area contributed by atoms with Crippen LogP contribution in [0.15, 0.2) is 65.2 Å². The molecule has 23 heavy (non-hydrogen) atoms. The summed E-state index contributed by atoms with van der Waals surface area (Å²) in [4.78, 5) is 4.36. The summed E-state index contributed by atoms with van der Waals surface area (Å²) < 4.78 is 11.1. The van der Waals surface area contributed by atoms with Crippen LogP contribution in [0.1, 0.15) is 18.6 Å². The Morgan fingerprint density at radius 3 is 2.43 bits per heavy atom. The Labute approximate surface area is 135 Å². The van der Waals surface area contributed by atoms with Crippen molar-refractivity contribution < 1.29 is 9.26 Å². The lowest BCUT2D eigenvalue weighted by molar-refractivity contribution is 0.0717. The molecule has 0 saturated heterocycles. The first kappa shape index (κ1) is 15.2. The second-order valence-electron chi connectivity index (χ2n) is 5.02. The average Bonchev–Trinajstić information content (AvgIpc) is 3.09. The van der Waals surface area contributed by atoms with E-state index in [1.54, 1.807) is 0 Å². The zero-order valence-electron chi connectivity index (χ0n) is 13.0. The number of benzene rings is 2. The van der Waals surface area contributed by atoms with Gasteiger partial charge in [-0.1, -0.05) is 48.5 Å². The molecule has 0 fully saturated rings. The van der Waals surface area contributed by atoms with E-state index in [4.69, 9.17) is 9.26 Å². The van der Waals surface area contributed by atoms with Crippen LogP contribution in [0.25, 0.3) is 11.5 Å². The second-order valence-corrected chi connectivity index (χ2v) is 5.02. The summed E-state index contributed by atoms with van der Waals surface area (Å²) in [5.74, 6) is 0.963. The van der Waals surface area contributed by atoms with Crippen LogP contribution in [0.3, 0.4) is 0 Å². The number of nitrogens with one attached hydrogen (secondary N) is 1. The first-order valence-corrected chi connectivity index (χ1v) is 7.66. The molecule has 1 aromatic heterocycles. The summed E-state index contributed by atoms with van der Waals surface area (Å²) in [6.45, 7) is 3.20. The molecule has 1 heterocycles. The summed E-state index contributed by atoms with van der Waals surface area (Å²) in [5, 5.41) is 7.14. The highest BCUT2D eigenvalue weighted by molar-refractivity contribution is 5.53. The van der Waals surface area contributed by atoms with E-state index in [0.29, 0.717) is 25.0 Å². The van der Waals surface area contributed by atoms with Gasteiger partial charge in [0.2, 0.25) is 0 Å². The number of anilines is 1. The molecule has 2 aromatic carbocycles. The van der Waals surface area contributed by atoms with Crippen LogP contribution < -0.4 is 5.32 Å². The molecule has 0 spiro atoms. The smallest absolute Gasteiger partial charge is 0.263 e. The second kappa shape index (κ2) is 7.56. The number of ether oxygens (including phenoxy) is 1. The summed E-state index contributed by atoms with van der Waals surface area (Å²) >= 11 is 0. The fourth-order valence-electron chi connectivity index (χ4n) is 2.32. The largest absolute Gasteiger partial charge is 0.372 e. The first-order valence-electron chi connectivity index (χ1n) is 7.66. The average molecular weight is 309 g/mol. The summed E-state index contributed by atoms with van der Waals surface area (Å²) in [6.07, 6.45) is -0.0557. The van der Waals surface area contributed by atoms with Crippen molar-refractivity contribution in [1.29, 1.82) is 0 Å². The van der Waals surface area contributed by atoms with Gasteiger partial charge < -0.3 is 14.6 Å². The van der Waals surface area contributed by atoms with E-state index in [0.717, 1.165) is 11.1 Å². The van der Waals surface area contributed by atoms with Crippen molar-refractivity contribution in [2.24, 2.45) is 0 Å². The van der Waals surface area contributed by atoms with Gasteiger partial charge in [-0.15, -0.1) is 0 Å². The summed E-state index contributed by atoms with van der Waals surface area (Å²) in [7, 11) is 0. The van der Waals surface area contributed by atoms with Crippen molar-refractivity contribution in [3.63, 3.8) is 0 Å². The van der Waals surface area contributed by atoms with Gasteiger partial charge in [0, 0.05) is 18.7 Å². The maximum atomic E-state index is 5.79. The van der Waals surface area contributed by atoms with Gasteiger partial charge in [0.15, 0.2) is 0 Å². The van der Waals surface area contributed by atoms with E-state index < -0.39 is 0 Å². The van der Waals surface area contributed by atoms with Gasteiger partial charge in [-0.05, 0) is 29.8 Å². The Hall–Kier alpha value is -2.66. The molecule has 0 bridgehead atoms. The van der Waals surface area contributed by atoms with Crippen LogP contribution in [0, 0.1) is 0 Å². The third kappa shape index (κ3) is 3.96. The fourth-order valence-corrected chi connectivity index (χ4v) is 2.32. The normalized spacial score (nSPS) is 12.0. The third-order valence-electron chi connectivity index (χ3n) is 3.43. The molecule has 0 aliphatic carbocycles. The van der Waals surface area contributed by atoms with E-state index >= 15 is 0 Å². The van der Waals surface area contributed by atoms with Crippen molar-refractivity contribution in [2.45, 2.75) is 13.0 Å². The highest BCUT2D eigenvalue weighted by atomic mass is 16.5. The van der Waals surface area contributed by atoms with E-state index in [-0.39, 0.29) is 6.10 Å². The minimum Gasteiger partial charge on any atom is -0.372 e. The predicted molar refractivity (Wildman–Crippen MR) is 89.0 cm³/mol. The van der Waals surface area contributed by atoms with Crippen molar-refractivity contribution in [2.75, 3.05) is 18.5 Å². The van der Waals surface area contributed by atoms with Crippen LogP contribution in [0.4, 0.5) is 5.95 Å². The molecular formula is C18H19N3O2. The number of rotatable bonds is 7. The van der Waals surface area contributed by atoms with Crippen molar-refractivity contribution >= 4 is 5.95 Å². The molecule has 118 valence electrons. The molecular weight excluding hydrogens is 290 g/mol. The predicted octanol–water partition coefficient (Wildman–Crippen LogP) is 3.93. The molecule has 1 atom stereocenters. The summed E-state index contributed by atoms with van der Waals surface area (Å²) in [5.41, 5.74) is 2.02. The minimum absolute atomic E-state index is 0.0557. The molecule has 5 heteroatoms. The molecule has 0 radical (unpaired) electrons. The lowest BCUT2D eigenvalue weighted by Gasteiger charge is -2.17. The molecule has 3 aromatic rings. The molecule has 0 aliphatic rings. The first-order chi connectivity index (χ1) is 11.4. The maximum absolute atomic E-state index is 5.79. The van der Waals surface area contributed by atoms with Crippen molar-refractivity contribution in [1.82, 2.24) is 10.1 Å². The highest BCUT2D eigenvalue weighted by Gasteiger charge is 2.13. The van der Waals surface area contributed by atoms with Gasteiger partial charge in [0.05, 0.1) is 6.10 Å². The third-order valence-corrected chi connectivity index (χ3v) is 3.43. The highest BCUT2D eigenvalue weighted by Crippen LogP contribution is 2.20. The van der Waals surface area contributed by atoms with Gasteiger partial charge in [-0.3, -0.25) is 0 Å². The lowest BCUT2D eigenvalue weighted by Crippen LogP contribution is -2.16. The molecule has 0 amide bonds. The Balaban J connectivity index is 1.66. The Kier molecular flexibility index (Phi) is 5.01. The monoisotopic (exact) mass is 309 g/mol. The Morgan fingerprint density at radius 1 is 1.04 bits per heavy atom. The fraction of sp³-hybridized carbons (Fsp3) is 0.222. The van der Waals surface area contributed by atoms with Crippen LogP contribution in [0.2, 0.25) is 0 Å². The minimum atomic E-state index is -0.0557. The van der Waals surface area contributed by atoms with E-state index in [9.17, 15) is 0 Å². The van der Waals surface area contributed by atoms with Crippen LogP contribution >= 0.6 is 0 Å². The molecule has 3 rings (SSSR count). The van der Waals surface area contributed by atoms with Crippen LogP contribution in [-0.4, -0.2) is 23.3 Å². The number of hydrogen-bond acceptors (Lipinski definition) is 5. The van der Waals surface area contributed by atoms with Gasteiger partial charge >= 0.3 is 0 Å². The number of nitrogens with zero attached hydrogens (tertiary/aromatic N) is 2. The van der Waals surface area contributed by atoms with E-state index in [1.165, 1.54) is 0 Å². The Morgan fingerprint density at radius 2 is 1.74 bits per heavy atom. The maximum Gasteiger partial charge on any atom is 0.263 e. The van der Waals surface area contributed by atoms with Gasteiger partial charge in [-0.25, -0.2) is 0 Å². The van der Waals surface area contributed by atoms with E-state index in [1.807, 2.05) is 67.6 Å². The van der Waals surface area contributed by atoms with Gasteiger partial charge in [0.25, 0.3) is 11.8 Å². The topological polar surface area (TPSA) is 60.2 Å². The SMILES string of the molecule is CCOC(CNc1noc(-c2ccccc2)n1)c1ccccc1. The molecule has 5 nitrogen and oxygen atoms in total. The lowest BCUT2D eigenvalue weighted by atomic mass is 10.1. The quantitative estimate of drug-likeness (QED) is 0.716. The molecule has 1 N–H and O–H groups in total. The molecule has 0 aliphatic heterocycles.